The van der Waals surface area contributed by atoms with E-state index in [0.29, 0.717) is 28.0 Å². The summed E-state index contributed by atoms with van der Waals surface area (Å²) < 4.78 is 24.1. The number of rotatable bonds is 4. The largest absolute Gasteiger partial charge is 0.504 e. The van der Waals surface area contributed by atoms with Gasteiger partial charge in [0, 0.05) is 11.6 Å². The number of phenols is 1. The second-order valence-electron chi connectivity index (χ2n) is 6.47. The molecule has 1 aromatic heterocycles. The highest BCUT2D eigenvalue weighted by atomic mass is 35.5. The van der Waals surface area contributed by atoms with Crippen molar-refractivity contribution in [2.45, 2.75) is 0 Å². The molecule has 0 saturated heterocycles. The fourth-order valence-electron chi connectivity index (χ4n) is 3.29. The average molecular weight is 424 g/mol. The number of nitrogens with one attached hydrogen (secondary N) is 1. The summed E-state index contributed by atoms with van der Waals surface area (Å²) >= 11 is 6.29. The lowest BCUT2D eigenvalue weighted by atomic mass is 10.0. The van der Waals surface area contributed by atoms with Gasteiger partial charge in [-0.15, -0.1) is 0 Å². The first-order chi connectivity index (χ1) is 14.5. The standard InChI is InChI=1S/C22H15ClFN3O3/c1-29-19-8-11-5-14-17(6-12(11)7-18(19)28)26-10-13(9-25)21(14)27-16-4-3-15(24)22(30-2)20(16)23/h3-8,10,28H,1-2H3,(H,26,27). The fourth-order valence-corrected chi connectivity index (χ4v) is 3.57. The first-order valence-electron chi connectivity index (χ1n) is 8.79. The van der Waals surface area contributed by atoms with E-state index in [1.807, 2.05) is 6.07 Å². The maximum atomic E-state index is 13.9. The average Bonchev–Trinajstić information content (AvgIpc) is 2.74. The van der Waals surface area contributed by atoms with Gasteiger partial charge in [-0.05, 0) is 47.2 Å². The Kier molecular flexibility index (Phi) is 4.94. The number of phenolic OH excluding ortho intramolecular Hbond substituents is 1. The van der Waals surface area contributed by atoms with E-state index >= 15 is 0 Å². The van der Waals surface area contributed by atoms with Crippen LogP contribution in [0.1, 0.15) is 5.56 Å². The van der Waals surface area contributed by atoms with Crippen molar-refractivity contribution in [3.05, 3.63) is 59.0 Å². The molecule has 0 aliphatic carbocycles. The summed E-state index contributed by atoms with van der Waals surface area (Å²) in [7, 11) is 2.79. The van der Waals surface area contributed by atoms with E-state index in [0.717, 1.165) is 10.8 Å². The fraction of sp³-hybridized carbons (Fsp3) is 0.0909. The van der Waals surface area contributed by atoms with Gasteiger partial charge < -0.3 is 19.9 Å². The highest BCUT2D eigenvalue weighted by molar-refractivity contribution is 6.35. The number of aromatic nitrogens is 1. The number of methoxy groups -OCH3 is 2. The molecule has 4 aromatic rings. The monoisotopic (exact) mass is 423 g/mol. The summed E-state index contributed by atoms with van der Waals surface area (Å²) in [5.41, 5.74) is 1.72. The molecule has 0 unspecified atom stereocenters. The predicted molar refractivity (Wildman–Crippen MR) is 113 cm³/mol. The molecule has 0 atom stereocenters. The van der Waals surface area contributed by atoms with Gasteiger partial charge in [0.05, 0.1) is 36.7 Å². The van der Waals surface area contributed by atoms with Gasteiger partial charge >= 0.3 is 0 Å². The molecule has 3 aromatic carbocycles. The molecule has 0 bridgehead atoms. The summed E-state index contributed by atoms with van der Waals surface area (Å²) in [5.74, 6) is -0.344. The number of ether oxygens (including phenoxy) is 2. The van der Waals surface area contributed by atoms with E-state index in [-0.39, 0.29) is 22.1 Å². The third-order valence-corrected chi connectivity index (χ3v) is 5.13. The minimum Gasteiger partial charge on any atom is -0.504 e. The molecule has 0 aliphatic rings. The number of nitrogens with zero attached hydrogens (tertiary/aromatic N) is 2. The quantitative estimate of drug-likeness (QED) is 0.420. The summed E-state index contributed by atoms with van der Waals surface area (Å²) in [4.78, 5) is 4.35. The number of benzene rings is 3. The summed E-state index contributed by atoms with van der Waals surface area (Å²) in [6.45, 7) is 0. The Morgan fingerprint density at radius 1 is 1.13 bits per heavy atom. The highest BCUT2D eigenvalue weighted by Crippen LogP contribution is 2.40. The number of halogens is 2. The topological polar surface area (TPSA) is 87.4 Å². The van der Waals surface area contributed by atoms with Crippen LogP contribution in [0.4, 0.5) is 15.8 Å². The molecule has 1 heterocycles. The van der Waals surface area contributed by atoms with Gasteiger partial charge in [0.2, 0.25) is 0 Å². The Labute approximate surface area is 176 Å². The van der Waals surface area contributed by atoms with Crippen LogP contribution in [-0.4, -0.2) is 24.3 Å². The molecule has 8 heteroatoms. The molecule has 4 rings (SSSR count). The Morgan fingerprint density at radius 3 is 2.60 bits per heavy atom. The number of aromatic hydroxyl groups is 1. The smallest absolute Gasteiger partial charge is 0.175 e. The van der Waals surface area contributed by atoms with Crippen molar-refractivity contribution >= 4 is 44.7 Å². The van der Waals surface area contributed by atoms with Gasteiger partial charge in [-0.1, -0.05) is 11.6 Å². The number of nitriles is 1. The molecule has 6 nitrogen and oxygen atoms in total. The van der Waals surface area contributed by atoms with Crippen molar-refractivity contribution in [2.24, 2.45) is 0 Å². The molecule has 0 amide bonds. The van der Waals surface area contributed by atoms with Crippen LogP contribution in [0.2, 0.25) is 5.02 Å². The second kappa shape index (κ2) is 7.58. The molecule has 0 fully saturated rings. The molecular formula is C22H15ClFN3O3. The third-order valence-electron chi connectivity index (χ3n) is 4.76. The van der Waals surface area contributed by atoms with E-state index in [1.165, 1.54) is 32.5 Å². The number of anilines is 2. The van der Waals surface area contributed by atoms with Gasteiger partial charge in [-0.2, -0.15) is 5.26 Å². The molecule has 0 spiro atoms. The van der Waals surface area contributed by atoms with Crippen LogP contribution in [0.15, 0.2) is 42.6 Å². The van der Waals surface area contributed by atoms with Crippen LogP contribution >= 0.6 is 11.6 Å². The second-order valence-corrected chi connectivity index (χ2v) is 6.84. The molecule has 0 aliphatic heterocycles. The maximum Gasteiger partial charge on any atom is 0.175 e. The van der Waals surface area contributed by atoms with E-state index in [1.54, 1.807) is 18.2 Å². The molecule has 0 radical (unpaired) electrons. The molecule has 150 valence electrons. The zero-order valence-electron chi connectivity index (χ0n) is 16.0. The van der Waals surface area contributed by atoms with Crippen LogP contribution in [-0.2, 0) is 0 Å². The normalized spacial score (nSPS) is 10.8. The van der Waals surface area contributed by atoms with E-state index in [9.17, 15) is 14.8 Å². The van der Waals surface area contributed by atoms with Crippen molar-refractivity contribution in [1.29, 1.82) is 5.26 Å². The molecular weight excluding hydrogens is 409 g/mol. The van der Waals surface area contributed by atoms with Gasteiger partial charge in [-0.25, -0.2) is 4.39 Å². The van der Waals surface area contributed by atoms with E-state index in [4.69, 9.17) is 21.1 Å². The highest BCUT2D eigenvalue weighted by Gasteiger charge is 2.17. The van der Waals surface area contributed by atoms with Crippen LogP contribution in [0.3, 0.4) is 0 Å². The van der Waals surface area contributed by atoms with Gasteiger partial charge in [-0.3, -0.25) is 4.98 Å². The van der Waals surface area contributed by atoms with E-state index < -0.39 is 5.82 Å². The molecule has 0 saturated carbocycles. The summed E-state index contributed by atoms with van der Waals surface area (Å²) in [6.07, 6.45) is 1.44. The SMILES string of the molecule is COc1cc2cc3c(Nc4ccc(F)c(OC)c4Cl)c(C#N)cnc3cc2cc1O. The Balaban J connectivity index is 1.96. The Bertz CT molecular complexity index is 1350. The number of hydrogen-bond acceptors (Lipinski definition) is 6. The van der Waals surface area contributed by atoms with Crippen molar-refractivity contribution in [3.8, 4) is 23.3 Å². The van der Waals surface area contributed by atoms with Crippen LogP contribution in [0.25, 0.3) is 21.7 Å². The summed E-state index contributed by atoms with van der Waals surface area (Å²) in [6, 6.07) is 11.7. The van der Waals surface area contributed by atoms with Crippen molar-refractivity contribution in [1.82, 2.24) is 4.98 Å². The molecule has 30 heavy (non-hydrogen) atoms. The number of hydrogen-bond donors (Lipinski definition) is 2. The van der Waals surface area contributed by atoms with Crippen LogP contribution in [0, 0.1) is 17.1 Å². The Hall–Kier alpha value is -3.76. The minimum atomic E-state index is -0.592. The van der Waals surface area contributed by atoms with Gasteiger partial charge in [0.25, 0.3) is 0 Å². The number of fused-ring (bicyclic) bond motifs is 2. The van der Waals surface area contributed by atoms with Crippen LogP contribution < -0.4 is 14.8 Å². The first-order valence-corrected chi connectivity index (χ1v) is 9.17. The lowest BCUT2D eigenvalue weighted by Gasteiger charge is -2.15. The predicted octanol–water partition coefficient (Wildman–Crippen LogP) is 5.52. The number of pyridine rings is 1. The third kappa shape index (κ3) is 3.17. The van der Waals surface area contributed by atoms with Crippen LogP contribution in [0.5, 0.6) is 17.2 Å². The lowest BCUT2D eigenvalue weighted by Crippen LogP contribution is -1.99. The molecule has 2 N–H and O–H groups in total. The lowest BCUT2D eigenvalue weighted by molar-refractivity contribution is 0.374. The van der Waals surface area contributed by atoms with Crippen molar-refractivity contribution < 1.29 is 19.0 Å². The Morgan fingerprint density at radius 2 is 1.90 bits per heavy atom. The summed E-state index contributed by atoms with van der Waals surface area (Å²) in [5, 5.41) is 25.0. The first kappa shape index (κ1) is 19.6. The van der Waals surface area contributed by atoms with Gasteiger partial charge in [0.1, 0.15) is 11.1 Å². The zero-order chi connectivity index (χ0) is 21.4. The van der Waals surface area contributed by atoms with Crippen molar-refractivity contribution in [2.75, 3.05) is 19.5 Å². The minimum absolute atomic E-state index is 0.0153. The van der Waals surface area contributed by atoms with Crippen molar-refractivity contribution in [3.63, 3.8) is 0 Å². The van der Waals surface area contributed by atoms with Gasteiger partial charge in [0.15, 0.2) is 23.1 Å². The zero-order valence-corrected chi connectivity index (χ0v) is 16.7. The maximum absolute atomic E-state index is 13.9. The van der Waals surface area contributed by atoms with E-state index in [2.05, 4.69) is 16.4 Å².